The van der Waals surface area contributed by atoms with Crippen LogP contribution in [0.1, 0.15) is 11.1 Å². The van der Waals surface area contributed by atoms with E-state index in [0.717, 1.165) is 11.1 Å². The molecule has 1 aromatic carbocycles. The lowest BCUT2D eigenvalue weighted by Gasteiger charge is -2.17. The molecule has 0 atom stereocenters. The van der Waals surface area contributed by atoms with Crippen molar-refractivity contribution in [2.75, 3.05) is 0 Å². The van der Waals surface area contributed by atoms with E-state index < -0.39 is 5.85 Å². The number of hydrogen-bond acceptors (Lipinski definition) is 3. The van der Waals surface area contributed by atoms with Gasteiger partial charge in [0.15, 0.2) is 5.85 Å². The van der Waals surface area contributed by atoms with Crippen molar-refractivity contribution in [3.63, 3.8) is 0 Å². The van der Waals surface area contributed by atoms with Crippen molar-refractivity contribution in [1.82, 2.24) is 0 Å². The van der Waals surface area contributed by atoms with Crippen LogP contribution in [-0.4, -0.2) is 0 Å². The molecule has 0 unspecified atom stereocenters. The van der Waals surface area contributed by atoms with Gasteiger partial charge in [-0.2, -0.15) is 0 Å². The molecule has 0 radical (unpaired) electrons. The number of ether oxygens (including phenoxy) is 1. The van der Waals surface area contributed by atoms with Crippen LogP contribution in [0.15, 0.2) is 24.3 Å². The molecule has 0 saturated heterocycles. The van der Waals surface area contributed by atoms with Gasteiger partial charge in [-0.1, -0.05) is 24.3 Å². The van der Waals surface area contributed by atoms with E-state index in [4.69, 9.17) is 16.2 Å². The molecule has 3 nitrogen and oxygen atoms in total. The molecule has 1 aromatic rings. The van der Waals surface area contributed by atoms with Crippen molar-refractivity contribution in [2.24, 2.45) is 11.5 Å². The predicted octanol–water partition coefficient (Wildman–Crippen LogP) is 0.244. The highest BCUT2D eigenvalue weighted by Crippen LogP contribution is 2.27. The largest absolute Gasteiger partial charge is 0.339 e. The summed E-state index contributed by atoms with van der Waals surface area (Å²) in [6, 6.07) is 7.71. The quantitative estimate of drug-likeness (QED) is 0.521. The van der Waals surface area contributed by atoms with Crippen molar-refractivity contribution in [3.8, 4) is 0 Å². The molecule has 1 aliphatic rings. The van der Waals surface area contributed by atoms with Crippen LogP contribution in [0.25, 0.3) is 0 Å². The summed E-state index contributed by atoms with van der Waals surface area (Å²) in [6.07, 6.45) is 0. The summed E-state index contributed by atoms with van der Waals surface area (Å²) in [5.41, 5.74) is 13.3. The van der Waals surface area contributed by atoms with Gasteiger partial charge in [0.1, 0.15) is 0 Å². The first kappa shape index (κ1) is 6.79. The zero-order chi connectivity index (χ0) is 7.90. The highest BCUT2D eigenvalue weighted by Gasteiger charge is 2.31. The highest BCUT2D eigenvalue weighted by molar-refractivity contribution is 5.33. The lowest BCUT2D eigenvalue weighted by molar-refractivity contribution is -0.0283. The number of nitrogens with two attached hydrogens (primary N) is 2. The van der Waals surface area contributed by atoms with Crippen LogP contribution in [-0.2, 0) is 17.2 Å². The van der Waals surface area contributed by atoms with E-state index in [1.165, 1.54) is 0 Å². The summed E-state index contributed by atoms with van der Waals surface area (Å²) in [7, 11) is 0. The van der Waals surface area contributed by atoms with Crippen molar-refractivity contribution in [3.05, 3.63) is 35.4 Å². The molecule has 58 valence electrons. The first-order valence-electron chi connectivity index (χ1n) is 3.50. The minimum Gasteiger partial charge on any atom is -0.339 e. The van der Waals surface area contributed by atoms with Gasteiger partial charge >= 0.3 is 0 Å². The lowest BCUT2D eigenvalue weighted by atomic mass is 10.1. The van der Waals surface area contributed by atoms with Gasteiger partial charge in [0.05, 0.1) is 6.61 Å². The monoisotopic (exact) mass is 150 g/mol. The molecule has 0 bridgehead atoms. The van der Waals surface area contributed by atoms with Crippen LogP contribution in [0, 0.1) is 0 Å². The van der Waals surface area contributed by atoms with Gasteiger partial charge < -0.3 is 4.74 Å². The predicted molar refractivity (Wildman–Crippen MR) is 41.3 cm³/mol. The Labute approximate surface area is 64.9 Å². The number of benzene rings is 1. The van der Waals surface area contributed by atoms with Crippen LogP contribution >= 0.6 is 0 Å². The average molecular weight is 150 g/mol. The van der Waals surface area contributed by atoms with Gasteiger partial charge in [-0.15, -0.1) is 0 Å². The zero-order valence-corrected chi connectivity index (χ0v) is 6.08. The van der Waals surface area contributed by atoms with Crippen molar-refractivity contribution >= 4 is 0 Å². The van der Waals surface area contributed by atoms with E-state index in [9.17, 15) is 0 Å². The SMILES string of the molecule is NC1(N)OCc2ccccc21. The van der Waals surface area contributed by atoms with Crippen LogP contribution < -0.4 is 11.5 Å². The average Bonchev–Trinajstić information content (AvgIpc) is 2.29. The Hall–Kier alpha value is -0.900. The highest BCUT2D eigenvalue weighted by atomic mass is 16.5. The summed E-state index contributed by atoms with van der Waals surface area (Å²) in [5.74, 6) is -1.07. The van der Waals surface area contributed by atoms with E-state index in [1.54, 1.807) is 0 Å². The maximum absolute atomic E-state index is 5.64. The Morgan fingerprint density at radius 1 is 1.27 bits per heavy atom. The van der Waals surface area contributed by atoms with Gasteiger partial charge in [0.25, 0.3) is 0 Å². The number of fused-ring (bicyclic) bond motifs is 1. The molecule has 1 aliphatic heterocycles. The normalized spacial score (nSPS) is 19.8. The molecule has 0 fully saturated rings. The maximum atomic E-state index is 5.64. The van der Waals surface area contributed by atoms with E-state index >= 15 is 0 Å². The fourth-order valence-corrected chi connectivity index (χ4v) is 1.30. The van der Waals surface area contributed by atoms with Crippen LogP contribution in [0.2, 0.25) is 0 Å². The molecule has 1 heterocycles. The van der Waals surface area contributed by atoms with Gasteiger partial charge in [0, 0.05) is 5.56 Å². The fourth-order valence-electron chi connectivity index (χ4n) is 1.30. The molecule has 0 aliphatic carbocycles. The second-order valence-electron chi connectivity index (χ2n) is 2.74. The Kier molecular flexibility index (Phi) is 1.26. The smallest absolute Gasteiger partial charge is 0.197 e. The van der Waals surface area contributed by atoms with E-state index in [2.05, 4.69) is 0 Å². The summed E-state index contributed by atoms with van der Waals surface area (Å²) in [4.78, 5) is 0. The number of hydrogen-bond donors (Lipinski definition) is 2. The molecule has 3 heteroatoms. The third-order valence-electron chi connectivity index (χ3n) is 1.90. The second kappa shape index (κ2) is 2.04. The molecular weight excluding hydrogens is 140 g/mol. The minimum absolute atomic E-state index is 0.517. The Bertz CT molecular complexity index is 283. The molecule has 0 amide bonds. The summed E-state index contributed by atoms with van der Waals surface area (Å²) in [6.45, 7) is 0.517. The standard InChI is InChI=1S/C8H10N2O/c9-8(10)7-4-2-1-3-6(7)5-11-8/h1-4H,5,9-10H2. The first-order chi connectivity index (χ1) is 5.20. The fraction of sp³-hybridized carbons (Fsp3) is 0.250. The van der Waals surface area contributed by atoms with E-state index in [0.29, 0.717) is 6.61 Å². The third kappa shape index (κ3) is 0.939. The molecule has 0 saturated carbocycles. The van der Waals surface area contributed by atoms with Crippen molar-refractivity contribution in [2.45, 2.75) is 12.5 Å². The van der Waals surface area contributed by atoms with Gasteiger partial charge in [-0.25, -0.2) is 0 Å². The summed E-state index contributed by atoms with van der Waals surface area (Å²) >= 11 is 0. The maximum Gasteiger partial charge on any atom is 0.197 e. The van der Waals surface area contributed by atoms with E-state index in [1.807, 2.05) is 24.3 Å². The Balaban J connectivity index is 2.56. The van der Waals surface area contributed by atoms with Crippen LogP contribution in [0.5, 0.6) is 0 Å². The van der Waals surface area contributed by atoms with Gasteiger partial charge in [-0.3, -0.25) is 11.5 Å². The minimum atomic E-state index is -1.07. The Morgan fingerprint density at radius 3 is 2.73 bits per heavy atom. The van der Waals surface area contributed by atoms with E-state index in [-0.39, 0.29) is 0 Å². The molecule has 11 heavy (non-hydrogen) atoms. The lowest BCUT2D eigenvalue weighted by Crippen LogP contribution is -2.45. The number of rotatable bonds is 0. The topological polar surface area (TPSA) is 61.3 Å². The van der Waals surface area contributed by atoms with Gasteiger partial charge in [0.2, 0.25) is 0 Å². The van der Waals surface area contributed by atoms with Crippen LogP contribution in [0.4, 0.5) is 0 Å². The molecule has 0 spiro atoms. The Morgan fingerprint density at radius 2 is 2.00 bits per heavy atom. The molecule has 2 rings (SSSR count). The first-order valence-corrected chi connectivity index (χ1v) is 3.50. The molecule has 0 aromatic heterocycles. The van der Waals surface area contributed by atoms with Crippen molar-refractivity contribution in [1.29, 1.82) is 0 Å². The second-order valence-corrected chi connectivity index (χ2v) is 2.74. The third-order valence-corrected chi connectivity index (χ3v) is 1.90. The molecule has 4 N–H and O–H groups in total. The van der Waals surface area contributed by atoms with Crippen LogP contribution in [0.3, 0.4) is 0 Å². The summed E-state index contributed by atoms with van der Waals surface area (Å²) in [5, 5.41) is 0. The van der Waals surface area contributed by atoms with Gasteiger partial charge in [-0.05, 0) is 5.56 Å². The summed E-state index contributed by atoms with van der Waals surface area (Å²) < 4.78 is 5.17. The zero-order valence-electron chi connectivity index (χ0n) is 6.08. The molecular formula is C8H10N2O. The van der Waals surface area contributed by atoms with Crippen molar-refractivity contribution < 1.29 is 4.74 Å².